The third-order valence-electron chi connectivity index (χ3n) is 13.4. The number of hydrogen-bond donors (Lipinski definition) is 0. The monoisotopic (exact) mass is 1270 g/mol. The van der Waals surface area contributed by atoms with Gasteiger partial charge in [-0.25, -0.2) is 4.79 Å². The molecule has 436 valence electrons. The fourth-order valence-electron chi connectivity index (χ4n) is 10.3. The van der Waals surface area contributed by atoms with Crippen LogP contribution < -0.4 is 28.9 Å². The maximum Gasteiger partial charge on any atom is 0.414 e. The van der Waals surface area contributed by atoms with Gasteiger partial charge in [0.25, 0.3) is 0 Å². The van der Waals surface area contributed by atoms with Gasteiger partial charge in [-0.05, 0) is 127 Å². The summed E-state index contributed by atoms with van der Waals surface area (Å²) in [6.07, 6.45) is 1.13. The molecule has 0 radical (unpaired) electrons. The smallest absolute Gasteiger partial charge is 0.414 e. The lowest BCUT2D eigenvalue weighted by molar-refractivity contribution is -0.132. The number of fused-ring (bicyclic) bond motifs is 9. The van der Waals surface area contributed by atoms with Gasteiger partial charge in [-0.2, -0.15) is 0 Å². The van der Waals surface area contributed by atoms with Gasteiger partial charge in [0, 0.05) is 136 Å². The van der Waals surface area contributed by atoms with Crippen LogP contribution >= 0.6 is 92.0 Å². The molecule has 3 aromatic carbocycles. The van der Waals surface area contributed by atoms with E-state index in [1.807, 2.05) is 57.7 Å². The van der Waals surface area contributed by atoms with Gasteiger partial charge >= 0.3 is 24.0 Å². The van der Waals surface area contributed by atoms with Crippen LogP contribution in [0.2, 0.25) is 0 Å². The minimum absolute atomic E-state index is 0. The van der Waals surface area contributed by atoms with Crippen molar-refractivity contribution in [3.8, 4) is 17.2 Å². The number of esters is 3. The van der Waals surface area contributed by atoms with Gasteiger partial charge in [-0.3, -0.25) is 38.5 Å². The molecular formula is C58H64Cl5N3O12S3. The van der Waals surface area contributed by atoms with E-state index in [0.717, 1.165) is 63.6 Å². The fraction of sp³-hybridized carbons (Fsp3) is 0.448. The number of thiophene rings is 3. The van der Waals surface area contributed by atoms with Crippen LogP contribution in [0.5, 0.6) is 17.2 Å². The molecule has 6 heterocycles. The van der Waals surface area contributed by atoms with Crippen molar-refractivity contribution in [1.29, 1.82) is 0 Å². The van der Waals surface area contributed by atoms with Crippen LogP contribution in [0.25, 0.3) is 30.3 Å². The Kier molecular flexibility index (Phi) is 22.2. The molecule has 3 aliphatic heterocycles. The van der Waals surface area contributed by atoms with Crippen molar-refractivity contribution in [2.75, 3.05) is 52.0 Å². The highest BCUT2D eigenvalue weighted by Gasteiger charge is 2.40. The van der Waals surface area contributed by atoms with E-state index in [-0.39, 0.29) is 62.7 Å². The molecule has 0 aliphatic carbocycles. The van der Waals surface area contributed by atoms with Crippen LogP contribution in [0.1, 0.15) is 139 Å². The highest BCUT2D eigenvalue weighted by atomic mass is 35.5. The zero-order valence-corrected chi connectivity index (χ0v) is 51.8. The fourth-order valence-corrected chi connectivity index (χ4v) is 14.3. The second kappa shape index (κ2) is 27.6. The number of nitrogens with zero attached hydrogens (tertiary/aromatic N) is 3. The first kappa shape index (κ1) is 65.1. The Morgan fingerprint density at radius 2 is 0.815 bits per heavy atom. The van der Waals surface area contributed by atoms with Crippen molar-refractivity contribution in [3.63, 3.8) is 0 Å². The van der Waals surface area contributed by atoms with Gasteiger partial charge in [-0.1, -0.05) is 7.43 Å². The summed E-state index contributed by atoms with van der Waals surface area (Å²) in [6.45, 7) is 16.9. The Bertz CT molecular complexity index is 3290. The molecule has 3 aromatic heterocycles. The van der Waals surface area contributed by atoms with E-state index >= 15 is 0 Å². The molecule has 3 aliphatic rings. The first-order valence-corrected chi connectivity index (χ1v) is 30.6. The molecular weight excluding hydrogens is 1200 g/mol. The molecule has 0 spiro atoms. The van der Waals surface area contributed by atoms with Gasteiger partial charge in [0.15, 0.2) is 17.2 Å². The van der Waals surface area contributed by atoms with Gasteiger partial charge in [0.2, 0.25) is 22.3 Å². The molecule has 6 aromatic rings. The number of carbonyl (C=O) groups is 8. The lowest BCUT2D eigenvalue weighted by Crippen LogP contribution is -2.36. The largest absolute Gasteiger partial charge is 0.443 e. The number of benzene rings is 3. The predicted molar refractivity (Wildman–Crippen MR) is 328 cm³/mol. The first-order chi connectivity index (χ1) is 37.8. The first-order valence-electron chi connectivity index (χ1n) is 25.6. The second-order valence-electron chi connectivity index (χ2n) is 20.6. The average Bonchev–Trinajstić information content (AvgIpc) is 4.40. The van der Waals surface area contributed by atoms with E-state index in [9.17, 15) is 38.4 Å². The minimum atomic E-state index is -0.600. The van der Waals surface area contributed by atoms with Crippen LogP contribution in [0.3, 0.4) is 0 Å². The van der Waals surface area contributed by atoms with Crippen molar-refractivity contribution in [3.05, 3.63) is 67.7 Å². The van der Waals surface area contributed by atoms with E-state index in [1.54, 1.807) is 32.9 Å². The van der Waals surface area contributed by atoms with Crippen molar-refractivity contribution >= 4 is 186 Å². The van der Waals surface area contributed by atoms with E-state index in [1.165, 1.54) is 54.8 Å². The number of ether oxygens (including phenoxy) is 4. The summed E-state index contributed by atoms with van der Waals surface area (Å²) in [5.74, 6) is 0.788. The highest BCUT2D eigenvalue weighted by Crippen LogP contribution is 2.52. The second-order valence-corrected chi connectivity index (χ2v) is 25.1. The number of halogens is 5. The van der Waals surface area contributed by atoms with E-state index in [0.29, 0.717) is 84.4 Å². The van der Waals surface area contributed by atoms with Crippen molar-refractivity contribution < 1.29 is 57.3 Å². The van der Waals surface area contributed by atoms with Crippen LogP contribution in [-0.4, -0.2) is 89.2 Å². The maximum atomic E-state index is 13.7. The van der Waals surface area contributed by atoms with Gasteiger partial charge in [0.1, 0.15) is 5.60 Å². The number of amides is 3. The summed E-state index contributed by atoms with van der Waals surface area (Å²) in [6, 6.07) is 5.29. The van der Waals surface area contributed by atoms with Crippen LogP contribution in [0, 0.1) is 20.8 Å². The number of alkyl halides is 3. The molecule has 0 unspecified atom stereocenters. The third kappa shape index (κ3) is 14.7. The zero-order chi connectivity index (χ0) is 58.7. The standard InChI is InChI=1S/C33H32Cl2N2O6S2.C19H22ClNO4S.C5H6Cl2O2.CH4/c1-16-14-44-32-24(42-18(3)38)8-22-30(28(16)32)20(10-34)12-36(22)26(40)6-5-7-27(41)37-13-21(11-35)31-23(37)9-25(43-19(4)39)33-29(31)17(2)15-45-33;1-10-9-26-17-14(24-11(2)22)6-13-16(15(10)17)12(7-20)8-21(13)18(23)25-19(3,4)5;6-4(8)2-1-3-5(7)9;/h8-9,14-15,20-21H,5-7,10-13H2,1-4H3;6,9,12H,7-8H2,1-5H3;1-3H2;1H4/t20-,21-;12-;;/m00../s1. The number of anilines is 3. The molecule has 0 saturated carbocycles. The quantitative estimate of drug-likeness (QED) is 0.0436. The summed E-state index contributed by atoms with van der Waals surface area (Å²) in [5.41, 5.74) is 7.70. The van der Waals surface area contributed by atoms with Crippen LogP contribution in [-0.2, 0) is 38.3 Å². The molecule has 0 saturated heterocycles. The molecule has 15 nitrogen and oxygen atoms in total. The summed E-state index contributed by atoms with van der Waals surface area (Å²) >= 11 is 33.5. The van der Waals surface area contributed by atoms with E-state index in [4.69, 9.17) is 77.0 Å². The maximum absolute atomic E-state index is 13.7. The Morgan fingerprint density at radius 3 is 1.10 bits per heavy atom. The molecule has 0 bridgehead atoms. The lowest BCUT2D eigenvalue weighted by Gasteiger charge is -2.25. The third-order valence-corrected chi connectivity index (χ3v) is 18.2. The van der Waals surface area contributed by atoms with Crippen molar-refractivity contribution in [2.45, 2.75) is 132 Å². The number of rotatable bonds is 14. The molecule has 0 N–H and O–H groups in total. The van der Waals surface area contributed by atoms with Gasteiger partial charge < -0.3 is 28.7 Å². The Morgan fingerprint density at radius 1 is 0.519 bits per heavy atom. The number of carbonyl (C=O) groups excluding carboxylic acids is 8. The number of aryl methyl sites for hydroxylation is 3. The van der Waals surface area contributed by atoms with E-state index in [2.05, 4.69) is 0 Å². The number of hydrogen-bond acceptors (Lipinski definition) is 15. The minimum Gasteiger partial charge on any atom is -0.443 e. The average molecular weight is 1270 g/mol. The lowest BCUT2D eigenvalue weighted by atomic mass is 9.97. The van der Waals surface area contributed by atoms with E-state index < -0.39 is 40.1 Å². The highest BCUT2D eigenvalue weighted by molar-refractivity contribution is 7.18. The zero-order valence-electron chi connectivity index (χ0n) is 45.5. The Balaban J connectivity index is 0.000000247. The van der Waals surface area contributed by atoms with Crippen LogP contribution in [0.15, 0.2) is 34.3 Å². The van der Waals surface area contributed by atoms with Crippen molar-refractivity contribution in [2.24, 2.45) is 0 Å². The summed E-state index contributed by atoms with van der Waals surface area (Å²) < 4.78 is 24.7. The molecule has 3 amide bonds. The van der Waals surface area contributed by atoms with Crippen molar-refractivity contribution in [1.82, 2.24) is 0 Å². The normalized spacial score (nSPS) is 15.9. The summed E-state index contributed by atoms with van der Waals surface area (Å²) in [4.78, 5) is 100. The van der Waals surface area contributed by atoms with Gasteiger partial charge in [0.05, 0.1) is 31.2 Å². The summed E-state index contributed by atoms with van der Waals surface area (Å²) in [7, 11) is 0. The molecule has 81 heavy (non-hydrogen) atoms. The molecule has 23 heteroatoms. The topological polar surface area (TPSA) is 183 Å². The SMILES string of the molecule is C.CC(=O)Oc1cc2c(c3c(C)csc13)[C@@H](CCl)CN2C(=O)CCCC(=O)N1C[C@H](CCl)c2c1cc(OC(C)=O)c1scc(C)c21.CC(=O)Oc1cc2c(c3c(C)csc13)[C@@H](CCl)CN2C(=O)OC(C)(C)C.O=C(Cl)CCCC(=O)Cl. The Labute approximate surface area is 507 Å². The molecule has 0 fully saturated rings. The molecule has 9 rings (SSSR count). The summed E-state index contributed by atoms with van der Waals surface area (Å²) in [5, 5.41) is 8.19. The predicted octanol–water partition coefficient (Wildman–Crippen LogP) is 15.3. The Hall–Kier alpha value is -5.05. The van der Waals surface area contributed by atoms with Gasteiger partial charge in [-0.15, -0.1) is 68.8 Å². The molecule has 3 atom stereocenters. The van der Waals surface area contributed by atoms with Crippen LogP contribution in [0.4, 0.5) is 21.9 Å².